The third kappa shape index (κ3) is 5.90. The number of aromatic nitrogens is 2. The van der Waals surface area contributed by atoms with Crippen LogP contribution in [-0.2, 0) is 16.6 Å². The van der Waals surface area contributed by atoms with Crippen LogP contribution in [0, 0.1) is 25.5 Å². The molecule has 0 spiro atoms. The summed E-state index contributed by atoms with van der Waals surface area (Å²) in [6.07, 6.45) is 1.38. The Balaban J connectivity index is 1.43. The van der Waals surface area contributed by atoms with Crippen LogP contribution in [0.25, 0.3) is 21.7 Å². The third-order valence-corrected chi connectivity index (χ3v) is 9.03. The molecule has 0 atom stereocenters. The number of thiazole rings is 1. The van der Waals surface area contributed by atoms with E-state index in [2.05, 4.69) is 20.0 Å². The van der Waals surface area contributed by atoms with Crippen LogP contribution in [0.2, 0.25) is 0 Å². The van der Waals surface area contributed by atoms with Crippen molar-refractivity contribution >= 4 is 32.2 Å². The van der Waals surface area contributed by atoms with Gasteiger partial charge in [0.15, 0.2) is 33.3 Å². The summed E-state index contributed by atoms with van der Waals surface area (Å²) in [5.74, 6) is -1.67. The van der Waals surface area contributed by atoms with E-state index in [0.717, 1.165) is 34.6 Å². The van der Waals surface area contributed by atoms with E-state index in [1.807, 2.05) is 31.2 Å². The quantitative estimate of drug-likeness (QED) is 0.167. The van der Waals surface area contributed by atoms with Gasteiger partial charge in [-0.2, -0.15) is 8.42 Å². The normalized spacial score (nSPS) is 11.4. The smallest absolute Gasteiger partial charge is 0.281 e. The van der Waals surface area contributed by atoms with Gasteiger partial charge in [-0.3, -0.25) is 4.72 Å². The van der Waals surface area contributed by atoms with Crippen molar-refractivity contribution in [3.63, 3.8) is 0 Å². The van der Waals surface area contributed by atoms with Crippen LogP contribution in [-0.4, -0.2) is 30.6 Å². The van der Waals surface area contributed by atoms with E-state index in [0.29, 0.717) is 38.7 Å². The second-order valence-corrected chi connectivity index (χ2v) is 12.0. The van der Waals surface area contributed by atoms with Crippen LogP contribution < -0.4 is 14.8 Å². The summed E-state index contributed by atoms with van der Waals surface area (Å²) in [6.45, 7) is 3.76. The van der Waals surface area contributed by atoms with Gasteiger partial charge in [0, 0.05) is 17.7 Å². The molecule has 0 aliphatic heterocycles. The highest BCUT2D eigenvalue weighted by molar-refractivity contribution is 7.92. The number of phenols is 1. The highest BCUT2D eigenvalue weighted by atomic mass is 32.2. The van der Waals surface area contributed by atoms with Crippen molar-refractivity contribution in [2.45, 2.75) is 25.4 Å². The number of methoxy groups -OCH3 is 1. The monoisotopic (exact) mass is 608 g/mol. The fourth-order valence-electron chi connectivity index (χ4n) is 4.39. The molecule has 0 unspecified atom stereocenters. The molecule has 0 aliphatic carbocycles. The Hall–Kier alpha value is -4.55. The topological polar surface area (TPSA) is 113 Å². The molecule has 3 N–H and O–H groups in total. The highest BCUT2D eigenvalue weighted by Gasteiger charge is 2.24. The van der Waals surface area contributed by atoms with Crippen molar-refractivity contribution in [2.75, 3.05) is 17.1 Å². The van der Waals surface area contributed by atoms with Crippen LogP contribution in [0.3, 0.4) is 0 Å². The zero-order chi connectivity index (χ0) is 30.0. The Kier molecular flexibility index (Phi) is 8.10. The third-order valence-electron chi connectivity index (χ3n) is 6.50. The number of phenolic OH excluding ortho intramolecular Hbond substituents is 1. The molecule has 5 aromatic rings. The molecular weight excluding hydrogens is 582 g/mol. The van der Waals surface area contributed by atoms with Crippen LogP contribution in [0.1, 0.15) is 16.7 Å². The molecule has 2 aromatic heterocycles. The summed E-state index contributed by atoms with van der Waals surface area (Å²) in [5, 5.41) is 13.3. The first-order chi connectivity index (χ1) is 20.1. The maximum Gasteiger partial charge on any atom is 0.281 e. The van der Waals surface area contributed by atoms with E-state index < -0.39 is 21.7 Å². The number of hydrogen-bond acceptors (Lipinski definition) is 8. The van der Waals surface area contributed by atoms with Gasteiger partial charge in [0.1, 0.15) is 0 Å². The van der Waals surface area contributed by atoms with E-state index in [4.69, 9.17) is 4.74 Å². The Morgan fingerprint density at radius 3 is 2.48 bits per heavy atom. The summed E-state index contributed by atoms with van der Waals surface area (Å²) in [4.78, 5) is 9.26. The number of anilines is 2. The molecule has 0 saturated heterocycles. The number of rotatable bonds is 9. The van der Waals surface area contributed by atoms with Crippen molar-refractivity contribution in [2.24, 2.45) is 0 Å². The van der Waals surface area contributed by atoms with Gasteiger partial charge in [0.05, 0.1) is 29.6 Å². The molecule has 2 heterocycles. The molecule has 42 heavy (non-hydrogen) atoms. The molecule has 216 valence electrons. The number of hydrogen-bond donors (Lipinski definition) is 3. The Labute approximate surface area is 245 Å². The van der Waals surface area contributed by atoms with Crippen molar-refractivity contribution in [3.05, 3.63) is 101 Å². The van der Waals surface area contributed by atoms with Gasteiger partial charge in [0.25, 0.3) is 10.0 Å². The SMILES string of the molecule is COc1cccc(CNc2cnc(S(=O)(=O)Nc3nc(-c4ccc(F)c(F)c4)c(-c4ccccc4C)s3)c(C)c2)c1O. The summed E-state index contributed by atoms with van der Waals surface area (Å²) in [7, 11) is -2.70. The van der Waals surface area contributed by atoms with Crippen molar-refractivity contribution < 1.29 is 27.0 Å². The number of halogens is 2. The lowest BCUT2D eigenvalue weighted by molar-refractivity contribution is 0.371. The van der Waals surface area contributed by atoms with Gasteiger partial charge in [-0.15, -0.1) is 0 Å². The van der Waals surface area contributed by atoms with Crippen LogP contribution >= 0.6 is 11.3 Å². The zero-order valence-electron chi connectivity index (χ0n) is 22.8. The first-order valence-corrected chi connectivity index (χ1v) is 15.0. The number of nitrogens with one attached hydrogen (secondary N) is 2. The minimum atomic E-state index is -4.17. The number of pyridine rings is 1. The summed E-state index contributed by atoms with van der Waals surface area (Å²) < 4.78 is 62.2. The predicted octanol–water partition coefficient (Wildman–Crippen LogP) is 6.89. The van der Waals surface area contributed by atoms with E-state index in [1.54, 1.807) is 31.2 Å². The fourth-order valence-corrected chi connectivity index (χ4v) is 6.86. The second kappa shape index (κ2) is 11.7. The van der Waals surface area contributed by atoms with E-state index in [-0.39, 0.29) is 22.5 Å². The summed E-state index contributed by atoms with van der Waals surface area (Å²) >= 11 is 1.08. The molecule has 8 nitrogen and oxygen atoms in total. The van der Waals surface area contributed by atoms with Gasteiger partial charge in [-0.25, -0.2) is 18.7 Å². The Morgan fingerprint density at radius 1 is 0.976 bits per heavy atom. The predicted molar refractivity (Wildman–Crippen MR) is 159 cm³/mol. The lowest BCUT2D eigenvalue weighted by Gasteiger charge is -2.12. The maximum absolute atomic E-state index is 14.1. The number of benzene rings is 3. The second-order valence-electron chi connectivity index (χ2n) is 9.41. The summed E-state index contributed by atoms with van der Waals surface area (Å²) in [6, 6.07) is 17.7. The highest BCUT2D eigenvalue weighted by Crippen LogP contribution is 2.41. The lowest BCUT2D eigenvalue weighted by Crippen LogP contribution is -2.16. The van der Waals surface area contributed by atoms with Crippen LogP contribution in [0.5, 0.6) is 11.5 Å². The first kappa shape index (κ1) is 29.0. The molecule has 0 aliphatic rings. The molecule has 3 aromatic carbocycles. The van der Waals surface area contributed by atoms with E-state index in [1.165, 1.54) is 19.4 Å². The molecule has 12 heteroatoms. The standard InChI is InChI=1S/C30H26F2N4O4S2/c1-17-7-4-5-9-22(17)28-26(19-11-12-23(31)24(32)14-19)35-30(41-28)36-42(38,39)29-18(2)13-21(16-34-29)33-15-20-8-6-10-25(40-3)27(20)37/h4-14,16,33,37H,15H2,1-3H3,(H,35,36). The Bertz CT molecular complexity index is 1890. The van der Waals surface area contributed by atoms with Gasteiger partial charge < -0.3 is 15.2 Å². The average molecular weight is 609 g/mol. The van der Waals surface area contributed by atoms with Crippen LogP contribution in [0.4, 0.5) is 19.6 Å². The van der Waals surface area contributed by atoms with Gasteiger partial charge in [-0.1, -0.05) is 47.7 Å². The number of para-hydroxylation sites is 1. The number of aryl methyl sites for hydroxylation is 2. The molecule has 0 amide bonds. The zero-order valence-corrected chi connectivity index (χ0v) is 24.4. The van der Waals surface area contributed by atoms with Crippen molar-refractivity contribution in [1.29, 1.82) is 0 Å². The molecule has 0 radical (unpaired) electrons. The largest absolute Gasteiger partial charge is 0.504 e. The fraction of sp³-hybridized carbons (Fsp3) is 0.133. The first-order valence-electron chi connectivity index (χ1n) is 12.7. The Morgan fingerprint density at radius 2 is 1.76 bits per heavy atom. The van der Waals surface area contributed by atoms with Gasteiger partial charge in [-0.05, 0) is 60.9 Å². The summed E-state index contributed by atoms with van der Waals surface area (Å²) in [5.41, 5.74) is 3.82. The minimum absolute atomic E-state index is 0.0110. The van der Waals surface area contributed by atoms with Gasteiger partial charge in [0.2, 0.25) is 0 Å². The minimum Gasteiger partial charge on any atom is -0.504 e. The molecular formula is C30H26F2N4O4S2. The number of sulfonamides is 1. The van der Waals surface area contributed by atoms with Crippen molar-refractivity contribution in [1.82, 2.24) is 9.97 Å². The lowest BCUT2D eigenvalue weighted by atomic mass is 10.0. The van der Waals surface area contributed by atoms with Crippen molar-refractivity contribution in [3.8, 4) is 33.2 Å². The average Bonchev–Trinajstić information content (AvgIpc) is 3.36. The number of nitrogens with zero attached hydrogens (tertiary/aromatic N) is 2. The molecule has 5 rings (SSSR count). The molecule has 0 bridgehead atoms. The number of ether oxygens (including phenoxy) is 1. The molecule has 0 fully saturated rings. The van der Waals surface area contributed by atoms with E-state index in [9.17, 15) is 22.3 Å². The van der Waals surface area contributed by atoms with Crippen LogP contribution in [0.15, 0.2) is 78.0 Å². The maximum atomic E-state index is 14.1. The van der Waals surface area contributed by atoms with Gasteiger partial charge >= 0.3 is 0 Å². The van der Waals surface area contributed by atoms with E-state index >= 15 is 0 Å². The molecule has 0 saturated carbocycles. The number of aromatic hydroxyl groups is 1.